The first kappa shape index (κ1) is 17.0. The number of nitrogens with zero attached hydrogens (tertiary/aromatic N) is 1. The molecule has 0 saturated carbocycles. The Morgan fingerprint density at radius 3 is 2.78 bits per heavy atom. The van der Waals surface area contributed by atoms with Gasteiger partial charge in [0.05, 0.1) is 11.1 Å². The zero-order valence-electron chi connectivity index (χ0n) is 14.8. The number of para-hydroxylation sites is 1. The number of aromatic amines is 1. The maximum Gasteiger partial charge on any atom is 0.253 e. The van der Waals surface area contributed by atoms with Gasteiger partial charge in [-0.2, -0.15) is 0 Å². The quantitative estimate of drug-likeness (QED) is 0.578. The van der Waals surface area contributed by atoms with Crippen molar-refractivity contribution in [3.05, 3.63) is 71.8 Å². The van der Waals surface area contributed by atoms with Gasteiger partial charge >= 0.3 is 0 Å². The largest absolute Gasteiger partial charge is 0.361 e. The van der Waals surface area contributed by atoms with Crippen LogP contribution in [0.2, 0.25) is 0 Å². The number of nitrogens with one attached hydrogen (secondary N) is 2. The van der Waals surface area contributed by atoms with Crippen LogP contribution in [0.25, 0.3) is 21.8 Å². The number of fused-ring (bicyclic) bond motifs is 2. The van der Waals surface area contributed by atoms with Crippen LogP contribution in [0.5, 0.6) is 0 Å². The molecule has 0 aliphatic rings. The smallest absolute Gasteiger partial charge is 0.253 e. The van der Waals surface area contributed by atoms with Crippen molar-refractivity contribution >= 4 is 33.6 Å². The Bertz CT molecular complexity index is 1170. The molecule has 136 valence electrons. The summed E-state index contributed by atoms with van der Waals surface area (Å²) in [6, 6.07) is 12.0. The van der Waals surface area contributed by atoms with Crippen LogP contribution in [-0.2, 0) is 6.42 Å². The van der Waals surface area contributed by atoms with Crippen molar-refractivity contribution in [1.82, 2.24) is 14.9 Å². The maximum atomic E-state index is 13.6. The summed E-state index contributed by atoms with van der Waals surface area (Å²) in [5.74, 6) is -1.01. The minimum Gasteiger partial charge on any atom is -0.361 e. The number of carbonyl (C=O) groups is 2. The molecule has 27 heavy (non-hydrogen) atoms. The molecule has 0 spiro atoms. The molecule has 0 bridgehead atoms. The molecule has 0 aliphatic carbocycles. The predicted molar refractivity (Wildman–Crippen MR) is 103 cm³/mol. The van der Waals surface area contributed by atoms with Crippen LogP contribution in [0.4, 0.5) is 4.39 Å². The Morgan fingerprint density at radius 1 is 1.15 bits per heavy atom. The number of hydrogen-bond acceptors (Lipinski definition) is 2. The molecule has 0 unspecified atom stereocenters. The van der Waals surface area contributed by atoms with Gasteiger partial charge < -0.3 is 10.3 Å². The number of halogens is 1. The molecule has 6 heteroatoms. The molecule has 0 aliphatic heterocycles. The second kappa shape index (κ2) is 6.72. The summed E-state index contributed by atoms with van der Waals surface area (Å²) >= 11 is 0. The predicted octanol–water partition coefficient (Wildman–Crippen LogP) is 3.89. The van der Waals surface area contributed by atoms with Crippen molar-refractivity contribution in [1.29, 1.82) is 0 Å². The average Bonchev–Trinajstić information content (AvgIpc) is 3.23. The fourth-order valence-corrected chi connectivity index (χ4v) is 3.39. The normalized spacial score (nSPS) is 11.2. The summed E-state index contributed by atoms with van der Waals surface area (Å²) in [6.07, 6.45) is 4.07. The van der Waals surface area contributed by atoms with E-state index in [2.05, 4.69) is 10.3 Å². The van der Waals surface area contributed by atoms with Crippen molar-refractivity contribution < 1.29 is 14.0 Å². The molecule has 2 heterocycles. The van der Waals surface area contributed by atoms with Gasteiger partial charge in [-0.1, -0.05) is 18.2 Å². The second-order valence-electron chi connectivity index (χ2n) is 6.46. The van der Waals surface area contributed by atoms with Crippen molar-refractivity contribution in [2.24, 2.45) is 0 Å². The van der Waals surface area contributed by atoms with Crippen LogP contribution in [0, 0.1) is 5.82 Å². The van der Waals surface area contributed by atoms with Crippen molar-refractivity contribution in [2.45, 2.75) is 13.3 Å². The lowest BCUT2D eigenvalue weighted by Gasteiger charge is -2.04. The van der Waals surface area contributed by atoms with Crippen molar-refractivity contribution in [3.63, 3.8) is 0 Å². The molecular weight excluding hydrogens is 345 g/mol. The molecule has 2 aromatic carbocycles. The molecule has 0 radical (unpaired) electrons. The number of carbonyl (C=O) groups excluding carboxylic acids is 2. The summed E-state index contributed by atoms with van der Waals surface area (Å²) in [5, 5.41) is 4.42. The number of amides is 1. The van der Waals surface area contributed by atoms with Gasteiger partial charge in [0.15, 0.2) is 0 Å². The third-order valence-electron chi connectivity index (χ3n) is 4.71. The number of rotatable bonds is 4. The van der Waals surface area contributed by atoms with Gasteiger partial charge in [0.1, 0.15) is 5.82 Å². The topological polar surface area (TPSA) is 66.9 Å². The van der Waals surface area contributed by atoms with E-state index in [4.69, 9.17) is 0 Å². The Hall–Kier alpha value is -3.41. The molecule has 2 N–H and O–H groups in total. The van der Waals surface area contributed by atoms with Crippen LogP contribution in [0.1, 0.15) is 27.6 Å². The molecule has 4 aromatic rings. The lowest BCUT2D eigenvalue weighted by molar-refractivity contribution is 0.0941. The summed E-state index contributed by atoms with van der Waals surface area (Å²) in [5.41, 5.74) is 2.98. The number of benzene rings is 2. The number of aromatic nitrogens is 2. The fourth-order valence-electron chi connectivity index (χ4n) is 3.39. The SMILES string of the molecule is CC(=O)n1cc(C(=O)NCCc2c[nH]c3ccccc23)c2cc(F)ccc21. The maximum absolute atomic E-state index is 13.6. The Kier molecular flexibility index (Phi) is 4.24. The summed E-state index contributed by atoms with van der Waals surface area (Å²) in [4.78, 5) is 27.6. The van der Waals surface area contributed by atoms with Gasteiger partial charge in [-0.3, -0.25) is 14.2 Å². The van der Waals surface area contributed by atoms with Gasteiger partial charge in [-0.15, -0.1) is 0 Å². The molecule has 0 fully saturated rings. The highest BCUT2D eigenvalue weighted by Gasteiger charge is 2.17. The van der Waals surface area contributed by atoms with Crippen molar-refractivity contribution in [2.75, 3.05) is 6.54 Å². The summed E-state index contributed by atoms with van der Waals surface area (Å²) in [7, 11) is 0. The van der Waals surface area contributed by atoms with E-state index >= 15 is 0 Å². The van der Waals surface area contributed by atoms with Gasteiger partial charge in [0.2, 0.25) is 5.91 Å². The fraction of sp³-hybridized carbons (Fsp3) is 0.143. The first-order valence-corrected chi connectivity index (χ1v) is 8.69. The molecule has 2 aromatic heterocycles. The van der Waals surface area contributed by atoms with E-state index < -0.39 is 5.82 Å². The van der Waals surface area contributed by atoms with E-state index in [0.29, 0.717) is 29.4 Å². The monoisotopic (exact) mass is 363 g/mol. The van der Waals surface area contributed by atoms with Gasteiger partial charge in [0, 0.05) is 42.2 Å². The van der Waals surface area contributed by atoms with E-state index in [1.807, 2.05) is 30.5 Å². The van der Waals surface area contributed by atoms with Crippen LogP contribution < -0.4 is 5.32 Å². The van der Waals surface area contributed by atoms with Crippen LogP contribution in [0.3, 0.4) is 0 Å². The van der Waals surface area contributed by atoms with Crippen molar-refractivity contribution in [3.8, 4) is 0 Å². The highest BCUT2D eigenvalue weighted by atomic mass is 19.1. The molecule has 5 nitrogen and oxygen atoms in total. The van der Waals surface area contributed by atoms with Gasteiger partial charge in [-0.25, -0.2) is 4.39 Å². The highest BCUT2D eigenvalue weighted by Crippen LogP contribution is 2.23. The van der Waals surface area contributed by atoms with E-state index in [-0.39, 0.29) is 11.8 Å². The first-order valence-electron chi connectivity index (χ1n) is 8.69. The number of hydrogen-bond donors (Lipinski definition) is 2. The minimum absolute atomic E-state index is 0.232. The summed E-state index contributed by atoms with van der Waals surface area (Å²) in [6.45, 7) is 1.84. The lowest BCUT2D eigenvalue weighted by atomic mass is 10.1. The Morgan fingerprint density at radius 2 is 1.96 bits per heavy atom. The minimum atomic E-state index is -0.448. The Balaban J connectivity index is 1.55. The van der Waals surface area contributed by atoms with Crippen LogP contribution >= 0.6 is 0 Å². The first-order chi connectivity index (χ1) is 13.0. The number of H-pyrrole nitrogens is 1. The standard InChI is InChI=1S/C21H18FN3O2/c1-13(26)25-12-18(17-10-15(22)6-7-20(17)25)21(27)23-9-8-14-11-24-19-5-3-2-4-16(14)19/h2-7,10-12,24H,8-9H2,1H3,(H,23,27). The third-order valence-corrected chi connectivity index (χ3v) is 4.71. The summed E-state index contributed by atoms with van der Waals surface area (Å²) < 4.78 is 15.0. The molecule has 0 atom stereocenters. The zero-order valence-corrected chi connectivity index (χ0v) is 14.8. The zero-order chi connectivity index (χ0) is 19.0. The van der Waals surface area contributed by atoms with Crippen LogP contribution in [0.15, 0.2) is 54.9 Å². The van der Waals surface area contributed by atoms with E-state index in [1.165, 1.54) is 35.9 Å². The van der Waals surface area contributed by atoms with E-state index in [0.717, 1.165) is 16.5 Å². The molecule has 4 rings (SSSR count). The van der Waals surface area contributed by atoms with E-state index in [1.54, 1.807) is 0 Å². The highest BCUT2D eigenvalue weighted by molar-refractivity contribution is 6.09. The van der Waals surface area contributed by atoms with E-state index in [9.17, 15) is 14.0 Å². The Labute approximate surface area is 154 Å². The average molecular weight is 363 g/mol. The third kappa shape index (κ3) is 3.10. The lowest BCUT2D eigenvalue weighted by Crippen LogP contribution is -2.25. The van der Waals surface area contributed by atoms with Gasteiger partial charge in [0.25, 0.3) is 5.91 Å². The van der Waals surface area contributed by atoms with Gasteiger partial charge in [-0.05, 0) is 36.2 Å². The second-order valence-corrected chi connectivity index (χ2v) is 6.46. The van der Waals surface area contributed by atoms with Crippen LogP contribution in [-0.4, -0.2) is 27.9 Å². The molecule has 0 saturated heterocycles. The molecule has 1 amide bonds. The molecular formula is C21H18FN3O2.